The lowest BCUT2D eigenvalue weighted by Gasteiger charge is -2.14. The minimum atomic E-state index is 0.520. The van der Waals surface area contributed by atoms with Gasteiger partial charge in [0.1, 0.15) is 0 Å². The standard InChI is InChI=1S/C4H8NOS/c6-4-3-5-1-2-7-4/h5-6H,1-3H2. The van der Waals surface area contributed by atoms with Crippen LogP contribution in [0.15, 0.2) is 0 Å². The highest BCUT2D eigenvalue weighted by molar-refractivity contribution is 8.01. The summed E-state index contributed by atoms with van der Waals surface area (Å²) >= 11 is 1.53. The van der Waals surface area contributed by atoms with Crippen molar-refractivity contribution in [3.05, 3.63) is 5.44 Å². The number of rotatable bonds is 0. The molecule has 1 saturated heterocycles. The second kappa shape index (κ2) is 2.55. The second-order valence-corrected chi connectivity index (χ2v) is 2.59. The van der Waals surface area contributed by atoms with Crippen molar-refractivity contribution in [1.82, 2.24) is 5.32 Å². The molecule has 3 heteroatoms. The number of nitrogens with one attached hydrogen (secondary N) is 1. The van der Waals surface area contributed by atoms with Crippen LogP contribution in [0, 0.1) is 5.44 Å². The molecule has 1 aliphatic rings. The summed E-state index contributed by atoms with van der Waals surface area (Å²) in [6, 6.07) is 0. The Hall–Kier alpha value is 0.270. The lowest BCUT2D eigenvalue weighted by atomic mass is 10.6. The Labute approximate surface area is 47.3 Å². The van der Waals surface area contributed by atoms with Gasteiger partial charge in [-0.05, 0) is 0 Å². The summed E-state index contributed by atoms with van der Waals surface area (Å²) in [7, 11) is 0. The first kappa shape index (κ1) is 5.41. The quantitative estimate of drug-likeness (QED) is 0.476. The van der Waals surface area contributed by atoms with Gasteiger partial charge in [-0.3, -0.25) is 0 Å². The first-order chi connectivity index (χ1) is 3.39. The second-order valence-electron chi connectivity index (χ2n) is 1.42. The monoisotopic (exact) mass is 118 g/mol. The molecule has 1 fully saturated rings. The highest BCUT2D eigenvalue weighted by atomic mass is 32.2. The summed E-state index contributed by atoms with van der Waals surface area (Å²) in [6.07, 6.45) is 0. The first-order valence-corrected chi connectivity index (χ1v) is 3.26. The van der Waals surface area contributed by atoms with Crippen LogP contribution >= 0.6 is 11.8 Å². The van der Waals surface area contributed by atoms with Crippen molar-refractivity contribution in [2.24, 2.45) is 0 Å². The third-order valence-corrected chi connectivity index (χ3v) is 1.71. The topological polar surface area (TPSA) is 32.3 Å². The average Bonchev–Trinajstić information content (AvgIpc) is 1.69. The van der Waals surface area contributed by atoms with E-state index in [1.807, 2.05) is 0 Å². The Kier molecular flexibility index (Phi) is 1.97. The molecule has 2 N–H and O–H groups in total. The molecular formula is C4H8NOS. The summed E-state index contributed by atoms with van der Waals surface area (Å²) in [5.41, 5.74) is 0.520. The molecule has 7 heavy (non-hydrogen) atoms. The summed E-state index contributed by atoms with van der Waals surface area (Å²) in [6.45, 7) is 1.69. The molecule has 1 heterocycles. The van der Waals surface area contributed by atoms with Crippen LogP contribution in [0.25, 0.3) is 0 Å². The fourth-order valence-corrected chi connectivity index (χ4v) is 1.17. The van der Waals surface area contributed by atoms with Crippen molar-refractivity contribution in [3.8, 4) is 0 Å². The molecule has 0 amide bonds. The Morgan fingerprint density at radius 3 is 2.86 bits per heavy atom. The molecule has 0 aromatic heterocycles. The lowest BCUT2D eigenvalue weighted by molar-refractivity contribution is 0.350. The van der Waals surface area contributed by atoms with E-state index in [0.717, 1.165) is 12.3 Å². The van der Waals surface area contributed by atoms with Gasteiger partial charge < -0.3 is 10.4 Å². The van der Waals surface area contributed by atoms with E-state index in [-0.39, 0.29) is 0 Å². The molecule has 1 rings (SSSR count). The zero-order chi connectivity index (χ0) is 5.11. The SMILES string of the molecule is O[C]1CNCCS1. The van der Waals surface area contributed by atoms with Gasteiger partial charge >= 0.3 is 0 Å². The van der Waals surface area contributed by atoms with E-state index in [4.69, 9.17) is 5.11 Å². The molecular weight excluding hydrogens is 110 g/mol. The minimum absolute atomic E-state index is 0.520. The summed E-state index contributed by atoms with van der Waals surface area (Å²) in [5.74, 6) is 1.01. The van der Waals surface area contributed by atoms with Crippen molar-refractivity contribution >= 4 is 11.8 Å². The van der Waals surface area contributed by atoms with Gasteiger partial charge in [-0.25, -0.2) is 0 Å². The number of hydrogen-bond acceptors (Lipinski definition) is 3. The zero-order valence-corrected chi connectivity index (χ0v) is 4.79. The predicted octanol–water partition coefficient (Wildman–Crippen LogP) is 0.185. The van der Waals surface area contributed by atoms with Gasteiger partial charge in [-0.1, -0.05) is 0 Å². The highest BCUT2D eigenvalue weighted by Gasteiger charge is 2.08. The van der Waals surface area contributed by atoms with Gasteiger partial charge in [0.25, 0.3) is 0 Å². The van der Waals surface area contributed by atoms with Crippen LogP contribution in [0.2, 0.25) is 0 Å². The number of hydrogen-bond donors (Lipinski definition) is 2. The molecule has 0 saturated carbocycles. The van der Waals surface area contributed by atoms with Gasteiger partial charge in [0, 0.05) is 18.8 Å². The van der Waals surface area contributed by atoms with Crippen molar-refractivity contribution in [2.45, 2.75) is 0 Å². The third kappa shape index (κ3) is 1.67. The van der Waals surface area contributed by atoms with E-state index in [0.29, 0.717) is 12.0 Å². The highest BCUT2D eigenvalue weighted by Crippen LogP contribution is 2.16. The van der Waals surface area contributed by atoms with Crippen LogP contribution in [0.3, 0.4) is 0 Å². The molecule has 2 nitrogen and oxygen atoms in total. The van der Waals surface area contributed by atoms with Crippen molar-refractivity contribution in [1.29, 1.82) is 0 Å². The van der Waals surface area contributed by atoms with Gasteiger partial charge in [0.05, 0.1) is 0 Å². The lowest BCUT2D eigenvalue weighted by Crippen LogP contribution is -2.27. The van der Waals surface area contributed by atoms with Crippen LogP contribution in [-0.4, -0.2) is 23.9 Å². The zero-order valence-electron chi connectivity index (χ0n) is 3.98. The Bertz CT molecular complexity index is 53.7. The smallest absolute Gasteiger partial charge is 0.162 e. The van der Waals surface area contributed by atoms with Crippen molar-refractivity contribution in [2.75, 3.05) is 18.8 Å². The van der Waals surface area contributed by atoms with Gasteiger partial charge in [-0.2, -0.15) is 0 Å². The fourth-order valence-electron chi connectivity index (χ4n) is 0.487. The fraction of sp³-hybridized carbons (Fsp3) is 0.750. The van der Waals surface area contributed by atoms with Crippen LogP contribution < -0.4 is 5.32 Å². The molecule has 1 radical (unpaired) electrons. The Morgan fingerprint density at radius 1 is 1.71 bits per heavy atom. The molecule has 41 valence electrons. The van der Waals surface area contributed by atoms with Gasteiger partial charge in [0.2, 0.25) is 0 Å². The van der Waals surface area contributed by atoms with Crippen LogP contribution in [0.1, 0.15) is 0 Å². The van der Waals surface area contributed by atoms with Crippen molar-refractivity contribution in [3.63, 3.8) is 0 Å². The van der Waals surface area contributed by atoms with Gasteiger partial charge in [-0.15, -0.1) is 11.8 Å². The molecule has 0 unspecified atom stereocenters. The van der Waals surface area contributed by atoms with E-state index in [1.165, 1.54) is 11.8 Å². The first-order valence-electron chi connectivity index (χ1n) is 2.28. The van der Waals surface area contributed by atoms with E-state index < -0.39 is 0 Å². The summed E-state index contributed by atoms with van der Waals surface area (Å²) in [4.78, 5) is 0. The minimum Gasteiger partial charge on any atom is -0.374 e. The largest absolute Gasteiger partial charge is 0.374 e. The van der Waals surface area contributed by atoms with E-state index >= 15 is 0 Å². The maximum atomic E-state index is 8.73. The summed E-state index contributed by atoms with van der Waals surface area (Å²) < 4.78 is 0. The molecule has 0 aromatic carbocycles. The number of aliphatic hydroxyl groups is 1. The normalized spacial score (nSPS) is 25.3. The van der Waals surface area contributed by atoms with Crippen LogP contribution in [0.5, 0.6) is 0 Å². The maximum absolute atomic E-state index is 8.73. The third-order valence-electron chi connectivity index (χ3n) is 0.824. The molecule has 0 spiro atoms. The van der Waals surface area contributed by atoms with Crippen molar-refractivity contribution < 1.29 is 5.11 Å². The number of thioether (sulfide) groups is 1. The predicted molar refractivity (Wildman–Crippen MR) is 30.5 cm³/mol. The van der Waals surface area contributed by atoms with Gasteiger partial charge in [0.15, 0.2) is 5.44 Å². The average molecular weight is 118 g/mol. The van der Waals surface area contributed by atoms with E-state index in [1.54, 1.807) is 0 Å². The Morgan fingerprint density at radius 2 is 2.57 bits per heavy atom. The van der Waals surface area contributed by atoms with Crippen LogP contribution in [0.4, 0.5) is 0 Å². The van der Waals surface area contributed by atoms with Crippen LogP contribution in [-0.2, 0) is 0 Å². The molecule has 0 aromatic rings. The molecule has 0 bridgehead atoms. The summed E-state index contributed by atoms with van der Waals surface area (Å²) in [5, 5.41) is 11.8. The Balaban J connectivity index is 2.12. The van der Waals surface area contributed by atoms with E-state index in [9.17, 15) is 0 Å². The number of aliphatic hydroxyl groups excluding tert-OH is 1. The molecule has 1 aliphatic heterocycles. The molecule has 0 aliphatic carbocycles. The molecule has 0 atom stereocenters. The maximum Gasteiger partial charge on any atom is 0.162 e. The van der Waals surface area contributed by atoms with E-state index in [2.05, 4.69) is 5.32 Å².